The maximum absolute atomic E-state index is 12.4. The molecule has 18 heavy (non-hydrogen) atoms. The van der Waals surface area contributed by atoms with E-state index in [0.29, 0.717) is 19.4 Å². The van der Waals surface area contributed by atoms with E-state index in [4.69, 9.17) is 4.74 Å². The highest BCUT2D eigenvalue weighted by atomic mass is 16.5. The summed E-state index contributed by atoms with van der Waals surface area (Å²) in [6.45, 7) is 2.04. The maximum atomic E-state index is 12.4. The van der Waals surface area contributed by atoms with Gasteiger partial charge in [-0.2, -0.15) is 5.26 Å². The molecule has 1 amide bonds. The van der Waals surface area contributed by atoms with Gasteiger partial charge in [-0.05, 0) is 39.0 Å². The fraction of sp³-hybridized carbons (Fsp3) is 0.769. The molecule has 2 aliphatic carbocycles. The number of esters is 1. The Morgan fingerprint density at radius 3 is 2.50 bits per heavy atom. The van der Waals surface area contributed by atoms with Crippen LogP contribution in [-0.4, -0.2) is 36.0 Å². The topological polar surface area (TPSA) is 70.4 Å². The van der Waals surface area contributed by atoms with Crippen LogP contribution in [0.1, 0.15) is 39.0 Å². The molecule has 2 saturated carbocycles. The monoisotopic (exact) mass is 250 g/mol. The fourth-order valence-electron chi connectivity index (χ4n) is 2.28. The first-order valence-corrected chi connectivity index (χ1v) is 6.51. The molecule has 0 spiro atoms. The van der Waals surface area contributed by atoms with Gasteiger partial charge >= 0.3 is 5.97 Å². The minimum Gasteiger partial charge on any atom is -0.465 e. The lowest BCUT2D eigenvalue weighted by molar-refractivity contribution is -0.154. The smallest absolute Gasteiger partial charge is 0.325 e. The van der Waals surface area contributed by atoms with Crippen molar-refractivity contribution in [2.45, 2.75) is 45.1 Å². The molecule has 98 valence electrons. The van der Waals surface area contributed by atoms with E-state index in [0.717, 1.165) is 19.3 Å². The van der Waals surface area contributed by atoms with Crippen LogP contribution in [0.4, 0.5) is 0 Å². The molecule has 5 nitrogen and oxygen atoms in total. The molecular weight excluding hydrogens is 232 g/mol. The lowest BCUT2D eigenvalue weighted by Crippen LogP contribution is -2.49. The number of carbonyl (C=O) groups is 2. The van der Waals surface area contributed by atoms with Crippen LogP contribution in [0.3, 0.4) is 0 Å². The summed E-state index contributed by atoms with van der Waals surface area (Å²) in [6.07, 6.45) is 4.00. The third kappa shape index (κ3) is 2.33. The largest absolute Gasteiger partial charge is 0.465 e. The maximum Gasteiger partial charge on any atom is 0.325 e. The zero-order valence-electron chi connectivity index (χ0n) is 10.6. The summed E-state index contributed by atoms with van der Waals surface area (Å²) in [5.74, 6) is -0.558. The van der Waals surface area contributed by atoms with Crippen molar-refractivity contribution < 1.29 is 14.3 Å². The molecule has 0 atom stereocenters. The summed E-state index contributed by atoms with van der Waals surface area (Å²) in [4.78, 5) is 25.5. The quantitative estimate of drug-likeness (QED) is 0.688. The van der Waals surface area contributed by atoms with Gasteiger partial charge < -0.3 is 9.64 Å². The van der Waals surface area contributed by atoms with Gasteiger partial charge in [-0.1, -0.05) is 0 Å². The molecule has 0 aromatic carbocycles. The van der Waals surface area contributed by atoms with Crippen LogP contribution >= 0.6 is 0 Å². The van der Waals surface area contributed by atoms with Crippen LogP contribution in [0.2, 0.25) is 0 Å². The van der Waals surface area contributed by atoms with Crippen molar-refractivity contribution in [3.8, 4) is 6.07 Å². The van der Waals surface area contributed by atoms with Gasteiger partial charge in [0.15, 0.2) is 0 Å². The molecule has 5 heteroatoms. The van der Waals surface area contributed by atoms with Gasteiger partial charge in [0, 0.05) is 6.04 Å². The van der Waals surface area contributed by atoms with E-state index in [1.54, 1.807) is 11.8 Å². The van der Waals surface area contributed by atoms with E-state index in [9.17, 15) is 14.9 Å². The molecular formula is C13H18N2O3. The van der Waals surface area contributed by atoms with Crippen molar-refractivity contribution in [3.63, 3.8) is 0 Å². The van der Waals surface area contributed by atoms with Crippen LogP contribution in [0.25, 0.3) is 0 Å². The van der Waals surface area contributed by atoms with Crippen molar-refractivity contribution in [1.29, 1.82) is 5.26 Å². The number of hydrogen-bond donors (Lipinski definition) is 0. The predicted octanol–water partition coefficient (Wildman–Crippen LogP) is 1.23. The molecule has 0 saturated heterocycles. The molecule has 0 aromatic heterocycles. The molecule has 0 N–H and O–H groups in total. The van der Waals surface area contributed by atoms with Crippen LogP contribution in [-0.2, 0) is 14.3 Å². The number of ether oxygens (including phenoxy) is 1. The predicted molar refractivity (Wildman–Crippen MR) is 63.3 cm³/mol. The number of nitrogens with zero attached hydrogens (tertiary/aromatic N) is 2. The van der Waals surface area contributed by atoms with Crippen LogP contribution in [0.15, 0.2) is 0 Å². The Morgan fingerprint density at radius 2 is 2.11 bits per heavy atom. The van der Waals surface area contributed by atoms with Gasteiger partial charge in [0.05, 0.1) is 12.7 Å². The lowest BCUT2D eigenvalue weighted by atomic mass is 9.69. The summed E-state index contributed by atoms with van der Waals surface area (Å²) < 4.78 is 4.88. The number of amides is 1. The van der Waals surface area contributed by atoms with Gasteiger partial charge in [0.25, 0.3) is 0 Å². The van der Waals surface area contributed by atoms with E-state index in [1.807, 2.05) is 0 Å². The molecule has 0 aliphatic heterocycles. The average molecular weight is 250 g/mol. The Hall–Kier alpha value is -1.57. The number of rotatable bonds is 5. The molecule has 0 heterocycles. The molecule has 0 bridgehead atoms. The summed E-state index contributed by atoms with van der Waals surface area (Å²) in [6, 6.07) is 2.27. The van der Waals surface area contributed by atoms with E-state index in [1.165, 1.54) is 0 Å². The standard InChI is InChI=1S/C13H18N2O3/c1-2-18-11(16)8-15(10-4-5-10)12(17)13(9-14)6-3-7-13/h10H,2-8H2,1H3. The molecule has 2 aliphatic rings. The highest BCUT2D eigenvalue weighted by Crippen LogP contribution is 2.43. The van der Waals surface area contributed by atoms with Crippen LogP contribution < -0.4 is 0 Å². The van der Waals surface area contributed by atoms with E-state index >= 15 is 0 Å². The first-order valence-electron chi connectivity index (χ1n) is 6.51. The van der Waals surface area contributed by atoms with Gasteiger partial charge in [-0.3, -0.25) is 9.59 Å². The third-order valence-corrected chi connectivity index (χ3v) is 3.68. The minimum atomic E-state index is -0.866. The number of carbonyl (C=O) groups excluding carboxylic acids is 2. The highest BCUT2D eigenvalue weighted by Gasteiger charge is 2.50. The first kappa shape index (κ1) is 12.9. The fourth-order valence-corrected chi connectivity index (χ4v) is 2.28. The summed E-state index contributed by atoms with van der Waals surface area (Å²) in [7, 11) is 0. The second kappa shape index (κ2) is 4.97. The van der Waals surface area contributed by atoms with Crippen molar-refractivity contribution in [2.75, 3.05) is 13.2 Å². The Bertz CT molecular complexity index is 392. The van der Waals surface area contributed by atoms with Gasteiger partial charge in [0.2, 0.25) is 5.91 Å². The van der Waals surface area contributed by atoms with Gasteiger partial charge in [0.1, 0.15) is 12.0 Å². The molecule has 0 aromatic rings. The number of hydrogen-bond acceptors (Lipinski definition) is 4. The summed E-state index contributed by atoms with van der Waals surface area (Å²) in [5.41, 5.74) is -0.866. The van der Waals surface area contributed by atoms with Crippen LogP contribution in [0.5, 0.6) is 0 Å². The Balaban J connectivity index is 2.04. The third-order valence-electron chi connectivity index (χ3n) is 3.68. The summed E-state index contributed by atoms with van der Waals surface area (Å²) in [5, 5.41) is 9.18. The number of nitriles is 1. The Labute approximate surface area is 107 Å². The second-order valence-corrected chi connectivity index (χ2v) is 5.02. The van der Waals surface area contributed by atoms with Gasteiger partial charge in [-0.25, -0.2) is 0 Å². The summed E-state index contributed by atoms with van der Waals surface area (Å²) >= 11 is 0. The Kier molecular flexibility index (Phi) is 3.55. The Morgan fingerprint density at radius 1 is 1.44 bits per heavy atom. The van der Waals surface area contributed by atoms with Crippen molar-refractivity contribution in [3.05, 3.63) is 0 Å². The molecule has 2 rings (SSSR count). The van der Waals surface area contributed by atoms with E-state index < -0.39 is 5.41 Å². The molecule has 2 fully saturated rings. The SMILES string of the molecule is CCOC(=O)CN(C(=O)C1(C#N)CCC1)C1CC1. The molecule has 0 radical (unpaired) electrons. The zero-order chi connectivity index (χ0) is 13.2. The van der Waals surface area contributed by atoms with E-state index in [2.05, 4.69) is 6.07 Å². The van der Waals surface area contributed by atoms with E-state index in [-0.39, 0.29) is 24.5 Å². The highest BCUT2D eigenvalue weighted by molar-refractivity contribution is 5.89. The zero-order valence-corrected chi connectivity index (χ0v) is 10.6. The average Bonchev–Trinajstić information content (AvgIpc) is 3.09. The van der Waals surface area contributed by atoms with Crippen LogP contribution in [0, 0.1) is 16.7 Å². The second-order valence-electron chi connectivity index (χ2n) is 5.02. The van der Waals surface area contributed by atoms with Crippen molar-refractivity contribution >= 4 is 11.9 Å². The lowest BCUT2D eigenvalue weighted by Gasteiger charge is -2.37. The minimum absolute atomic E-state index is 0.0131. The van der Waals surface area contributed by atoms with Crippen molar-refractivity contribution in [1.82, 2.24) is 4.90 Å². The molecule has 0 unspecified atom stereocenters. The first-order chi connectivity index (χ1) is 8.63. The normalized spacial score (nSPS) is 20.4. The van der Waals surface area contributed by atoms with Gasteiger partial charge in [-0.15, -0.1) is 0 Å². The van der Waals surface area contributed by atoms with Crippen molar-refractivity contribution in [2.24, 2.45) is 5.41 Å².